The Balaban J connectivity index is 2.34. The van der Waals surface area contributed by atoms with E-state index < -0.39 is 17.3 Å². The minimum absolute atomic E-state index is 0.258. The molecule has 1 unspecified atom stereocenters. The van der Waals surface area contributed by atoms with Crippen LogP contribution >= 0.6 is 27.3 Å². The van der Waals surface area contributed by atoms with Crippen LogP contribution in [0.4, 0.5) is 4.39 Å². The zero-order valence-corrected chi connectivity index (χ0v) is 14.1. The maximum Gasteiger partial charge on any atom is 0.330 e. The van der Waals surface area contributed by atoms with E-state index >= 15 is 0 Å². The molecule has 3 nitrogen and oxygen atoms in total. The number of methoxy groups -OCH3 is 1. The highest BCUT2D eigenvalue weighted by molar-refractivity contribution is 9.10. The van der Waals surface area contributed by atoms with Crippen molar-refractivity contribution in [3.8, 4) is 0 Å². The van der Waals surface area contributed by atoms with Crippen molar-refractivity contribution < 1.29 is 13.9 Å². The standard InChI is InChI=1S/C15H15BrFNO2S/c1-15(14(19)20-2,18-9-11-4-3-7-21-11)12-6-5-10(16)8-13(12)17/h3-8,18H,9H2,1-2H3. The van der Waals surface area contributed by atoms with Gasteiger partial charge in [-0.2, -0.15) is 0 Å². The number of carbonyl (C=O) groups excluding carboxylic acids is 1. The van der Waals surface area contributed by atoms with E-state index in [0.29, 0.717) is 11.0 Å². The summed E-state index contributed by atoms with van der Waals surface area (Å²) in [6.45, 7) is 2.08. The average Bonchev–Trinajstić information content (AvgIpc) is 2.97. The van der Waals surface area contributed by atoms with Crippen molar-refractivity contribution in [2.24, 2.45) is 0 Å². The van der Waals surface area contributed by atoms with Crippen molar-refractivity contribution in [3.05, 3.63) is 56.4 Å². The Kier molecular flexibility index (Phi) is 5.13. The second kappa shape index (κ2) is 6.68. The van der Waals surface area contributed by atoms with Gasteiger partial charge in [0.15, 0.2) is 0 Å². The van der Waals surface area contributed by atoms with Gasteiger partial charge in [0.1, 0.15) is 11.4 Å². The number of nitrogens with one attached hydrogen (secondary N) is 1. The smallest absolute Gasteiger partial charge is 0.330 e. The monoisotopic (exact) mass is 371 g/mol. The predicted octanol–water partition coefficient (Wildman–Crippen LogP) is 3.83. The fourth-order valence-corrected chi connectivity index (χ4v) is 3.03. The number of rotatable bonds is 5. The summed E-state index contributed by atoms with van der Waals surface area (Å²) in [5, 5.41) is 5.06. The number of halogens is 2. The van der Waals surface area contributed by atoms with Gasteiger partial charge in [0.05, 0.1) is 7.11 Å². The van der Waals surface area contributed by atoms with E-state index in [9.17, 15) is 9.18 Å². The summed E-state index contributed by atoms with van der Waals surface area (Å²) in [5.41, 5.74) is -0.988. The molecule has 1 aromatic heterocycles. The lowest BCUT2D eigenvalue weighted by Gasteiger charge is -2.28. The third-order valence-corrected chi connectivity index (χ3v) is 4.63. The number of esters is 1. The zero-order chi connectivity index (χ0) is 15.5. The number of ether oxygens (including phenoxy) is 1. The summed E-state index contributed by atoms with van der Waals surface area (Å²) < 4.78 is 19.7. The molecule has 0 radical (unpaired) electrons. The lowest BCUT2D eigenvalue weighted by atomic mass is 9.91. The van der Waals surface area contributed by atoms with Gasteiger partial charge in [0, 0.05) is 21.5 Å². The van der Waals surface area contributed by atoms with Gasteiger partial charge >= 0.3 is 5.97 Å². The molecule has 1 N–H and O–H groups in total. The fraction of sp³-hybridized carbons (Fsp3) is 0.267. The molecule has 0 saturated heterocycles. The largest absolute Gasteiger partial charge is 0.467 e. The molecule has 6 heteroatoms. The Morgan fingerprint density at radius 1 is 1.48 bits per heavy atom. The molecule has 2 aromatic rings. The normalized spacial score (nSPS) is 13.7. The maximum atomic E-state index is 14.2. The van der Waals surface area contributed by atoms with Crippen LogP contribution in [0.25, 0.3) is 0 Å². The molecule has 112 valence electrons. The first-order valence-electron chi connectivity index (χ1n) is 6.28. The number of benzene rings is 1. The molecule has 1 heterocycles. The summed E-state index contributed by atoms with van der Waals surface area (Å²) in [7, 11) is 1.30. The highest BCUT2D eigenvalue weighted by Crippen LogP contribution is 2.28. The van der Waals surface area contributed by atoms with E-state index in [0.717, 1.165) is 4.88 Å². The van der Waals surface area contributed by atoms with Gasteiger partial charge in [-0.25, -0.2) is 9.18 Å². The van der Waals surface area contributed by atoms with Gasteiger partial charge in [-0.3, -0.25) is 5.32 Å². The molecular weight excluding hydrogens is 357 g/mol. The minimum Gasteiger partial charge on any atom is -0.467 e. The molecule has 0 saturated carbocycles. The Morgan fingerprint density at radius 3 is 2.81 bits per heavy atom. The van der Waals surface area contributed by atoms with Gasteiger partial charge in [0.25, 0.3) is 0 Å². The first-order valence-corrected chi connectivity index (χ1v) is 7.96. The van der Waals surface area contributed by atoms with Crippen molar-refractivity contribution in [1.29, 1.82) is 0 Å². The minimum atomic E-state index is -1.25. The first kappa shape index (κ1) is 16.1. The van der Waals surface area contributed by atoms with Gasteiger partial charge in [-0.15, -0.1) is 11.3 Å². The van der Waals surface area contributed by atoms with E-state index in [1.54, 1.807) is 30.4 Å². The van der Waals surface area contributed by atoms with Crippen LogP contribution in [0.15, 0.2) is 40.2 Å². The van der Waals surface area contributed by atoms with Crippen molar-refractivity contribution >= 4 is 33.2 Å². The third-order valence-electron chi connectivity index (χ3n) is 3.26. The first-order chi connectivity index (χ1) is 9.97. The molecule has 1 atom stereocenters. The van der Waals surface area contributed by atoms with Crippen LogP contribution in [-0.2, 0) is 21.6 Å². The molecular formula is C15H15BrFNO2S. The molecule has 1 aromatic carbocycles. The topological polar surface area (TPSA) is 38.3 Å². The number of thiophene rings is 1. The molecule has 0 amide bonds. The van der Waals surface area contributed by atoms with E-state index in [1.165, 1.54) is 13.2 Å². The molecule has 0 fully saturated rings. The molecule has 0 aliphatic heterocycles. The van der Waals surface area contributed by atoms with Crippen LogP contribution in [-0.4, -0.2) is 13.1 Å². The van der Waals surface area contributed by atoms with Crippen molar-refractivity contribution in [2.45, 2.75) is 19.0 Å². The van der Waals surface area contributed by atoms with E-state index in [4.69, 9.17) is 4.74 Å². The lowest BCUT2D eigenvalue weighted by Crippen LogP contribution is -2.47. The van der Waals surface area contributed by atoms with Crippen molar-refractivity contribution in [1.82, 2.24) is 5.32 Å². The highest BCUT2D eigenvalue weighted by Gasteiger charge is 2.38. The van der Waals surface area contributed by atoms with Crippen LogP contribution in [0.2, 0.25) is 0 Å². The highest BCUT2D eigenvalue weighted by atomic mass is 79.9. The summed E-state index contributed by atoms with van der Waals surface area (Å²) in [6, 6.07) is 8.50. The molecule has 0 spiro atoms. The Hall–Kier alpha value is -1.24. The summed E-state index contributed by atoms with van der Waals surface area (Å²) in [5.74, 6) is -0.990. The van der Waals surface area contributed by atoms with Crippen molar-refractivity contribution in [3.63, 3.8) is 0 Å². The maximum absolute atomic E-state index is 14.2. The van der Waals surface area contributed by atoms with Crippen molar-refractivity contribution in [2.75, 3.05) is 7.11 Å². The van der Waals surface area contributed by atoms with Crippen LogP contribution in [0.3, 0.4) is 0 Å². The molecule has 0 bridgehead atoms. The van der Waals surface area contributed by atoms with E-state index in [-0.39, 0.29) is 5.56 Å². The Morgan fingerprint density at radius 2 is 2.24 bits per heavy atom. The lowest BCUT2D eigenvalue weighted by molar-refractivity contribution is -0.148. The predicted molar refractivity (Wildman–Crippen MR) is 84.6 cm³/mol. The Bertz CT molecular complexity index is 633. The van der Waals surface area contributed by atoms with Crippen LogP contribution in [0.5, 0.6) is 0 Å². The van der Waals surface area contributed by atoms with Crippen LogP contribution in [0, 0.1) is 5.82 Å². The third kappa shape index (κ3) is 3.51. The number of hydrogen-bond donors (Lipinski definition) is 1. The average molecular weight is 372 g/mol. The number of hydrogen-bond acceptors (Lipinski definition) is 4. The SMILES string of the molecule is COC(=O)C(C)(NCc1cccs1)c1ccc(Br)cc1F. The molecule has 0 aliphatic rings. The second-order valence-corrected chi connectivity index (χ2v) is 6.62. The quantitative estimate of drug-likeness (QED) is 0.811. The second-order valence-electron chi connectivity index (χ2n) is 4.67. The van der Waals surface area contributed by atoms with Gasteiger partial charge < -0.3 is 4.74 Å². The fourth-order valence-electron chi connectivity index (χ4n) is 2.05. The number of carbonyl (C=O) groups is 1. The molecule has 2 rings (SSSR count). The van der Waals surface area contributed by atoms with Gasteiger partial charge in [0.2, 0.25) is 0 Å². The van der Waals surface area contributed by atoms with Crippen LogP contribution in [0.1, 0.15) is 17.4 Å². The Labute approximate surface area is 135 Å². The summed E-state index contributed by atoms with van der Waals surface area (Å²) in [4.78, 5) is 13.2. The summed E-state index contributed by atoms with van der Waals surface area (Å²) >= 11 is 4.78. The molecule has 21 heavy (non-hydrogen) atoms. The molecule has 0 aliphatic carbocycles. The van der Waals surface area contributed by atoms with Crippen LogP contribution < -0.4 is 5.32 Å². The van der Waals surface area contributed by atoms with Gasteiger partial charge in [-0.1, -0.05) is 28.1 Å². The van der Waals surface area contributed by atoms with E-state index in [1.807, 2.05) is 17.5 Å². The van der Waals surface area contributed by atoms with Gasteiger partial charge in [-0.05, 0) is 30.5 Å². The van der Waals surface area contributed by atoms with E-state index in [2.05, 4.69) is 21.2 Å². The summed E-state index contributed by atoms with van der Waals surface area (Å²) in [6.07, 6.45) is 0. The zero-order valence-electron chi connectivity index (χ0n) is 11.7.